The third-order valence-electron chi connectivity index (χ3n) is 5.65. The van der Waals surface area contributed by atoms with Gasteiger partial charge in [-0.3, -0.25) is 4.79 Å². The summed E-state index contributed by atoms with van der Waals surface area (Å²) in [7, 11) is 1.52. The van der Waals surface area contributed by atoms with Crippen molar-refractivity contribution in [2.75, 3.05) is 7.11 Å². The number of carbonyl (C=O) groups is 1. The van der Waals surface area contributed by atoms with Crippen molar-refractivity contribution in [3.05, 3.63) is 35.9 Å². The van der Waals surface area contributed by atoms with Crippen LogP contribution in [0.1, 0.15) is 109 Å². The first-order chi connectivity index (χ1) is 15.2. The Bertz CT molecular complexity index is 612. The second kappa shape index (κ2) is 18.8. The first kappa shape index (κ1) is 27.1. The van der Waals surface area contributed by atoms with Crippen LogP contribution in [0.3, 0.4) is 0 Å². The number of aromatic hydroxyl groups is 1. The Morgan fingerprint density at radius 3 is 2.10 bits per heavy atom. The fourth-order valence-corrected chi connectivity index (χ4v) is 3.65. The summed E-state index contributed by atoms with van der Waals surface area (Å²) in [5.41, 5.74) is 0.920. The van der Waals surface area contributed by atoms with Gasteiger partial charge in [-0.05, 0) is 49.8 Å². The van der Waals surface area contributed by atoms with Crippen LogP contribution in [0.2, 0.25) is 0 Å². The number of benzene rings is 1. The van der Waals surface area contributed by atoms with Gasteiger partial charge >= 0.3 is 0 Å². The number of carbonyl (C=O) groups excluding carboxylic acids is 1. The summed E-state index contributed by atoms with van der Waals surface area (Å²) in [6, 6.07) is 5.13. The van der Waals surface area contributed by atoms with Crippen molar-refractivity contribution in [2.24, 2.45) is 0 Å². The van der Waals surface area contributed by atoms with E-state index < -0.39 is 0 Å². The molecular formula is C27H45NO3. The lowest BCUT2D eigenvalue weighted by molar-refractivity contribution is -0.121. The van der Waals surface area contributed by atoms with Crippen LogP contribution in [0.5, 0.6) is 11.5 Å². The molecule has 2 N–H and O–H groups in total. The molecule has 0 saturated carbocycles. The normalized spacial score (nSPS) is 11.2. The molecule has 0 radical (unpaired) electrons. The molecule has 0 aliphatic carbocycles. The van der Waals surface area contributed by atoms with Crippen LogP contribution in [-0.2, 0) is 11.3 Å². The molecule has 0 aromatic heterocycles. The molecule has 1 aromatic carbocycles. The molecule has 1 rings (SSSR count). The van der Waals surface area contributed by atoms with Crippen molar-refractivity contribution < 1.29 is 14.6 Å². The largest absolute Gasteiger partial charge is 0.504 e. The third-order valence-corrected chi connectivity index (χ3v) is 5.65. The Hall–Kier alpha value is -1.97. The van der Waals surface area contributed by atoms with E-state index >= 15 is 0 Å². The van der Waals surface area contributed by atoms with E-state index in [1.54, 1.807) is 18.2 Å². The Balaban J connectivity index is 1.90. The lowest BCUT2D eigenvalue weighted by Gasteiger charge is -2.08. The van der Waals surface area contributed by atoms with E-state index in [4.69, 9.17) is 4.74 Å². The van der Waals surface area contributed by atoms with Crippen molar-refractivity contribution in [1.82, 2.24) is 5.32 Å². The summed E-state index contributed by atoms with van der Waals surface area (Å²) in [6.45, 7) is 2.73. The monoisotopic (exact) mass is 431 g/mol. The fourth-order valence-electron chi connectivity index (χ4n) is 3.65. The molecule has 4 nitrogen and oxygen atoms in total. The first-order valence-corrected chi connectivity index (χ1v) is 12.4. The maximum Gasteiger partial charge on any atom is 0.220 e. The number of phenolic OH excluding ortho intramolecular Hbond substituents is 1. The highest BCUT2D eigenvalue weighted by Crippen LogP contribution is 2.26. The van der Waals surface area contributed by atoms with Gasteiger partial charge in [-0.15, -0.1) is 0 Å². The van der Waals surface area contributed by atoms with Gasteiger partial charge in [-0.25, -0.2) is 0 Å². The molecule has 0 heterocycles. The fraction of sp³-hybridized carbons (Fsp3) is 0.667. The zero-order chi connectivity index (χ0) is 22.6. The van der Waals surface area contributed by atoms with Gasteiger partial charge in [0.1, 0.15) is 0 Å². The number of phenols is 1. The number of allylic oxidation sites excluding steroid dienone is 2. The van der Waals surface area contributed by atoms with E-state index in [0.717, 1.165) is 18.4 Å². The zero-order valence-electron chi connectivity index (χ0n) is 20.0. The minimum atomic E-state index is 0.0857. The first-order valence-electron chi connectivity index (χ1n) is 12.4. The summed E-state index contributed by atoms with van der Waals surface area (Å²) < 4.78 is 5.09. The Labute approximate surface area is 190 Å². The minimum Gasteiger partial charge on any atom is -0.504 e. The highest BCUT2D eigenvalue weighted by atomic mass is 16.5. The van der Waals surface area contributed by atoms with Crippen LogP contribution in [0, 0.1) is 0 Å². The predicted molar refractivity (Wildman–Crippen MR) is 131 cm³/mol. The quantitative estimate of drug-likeness (QED) is 0.177. The number of nitrogens with one attached hydrogen (secondary N) is 1. The van der Waals surface area contributed by atoms with Crippen LogP contribution in [0.15, 0.2) is 30.4 Å². The zero-order valence-corrected chi connectivity index (χ0v) is 20.0. The SMILES string of the molecule is CCCCCCCC/C=C\CCCCCCCCC(=O)NCc1ccc(O)c(OC)c1. The molecule has 1 amide bonds. The summed E-state index contributed by atoms with van der Waals surface area (Å²) in [4.78, 5) is 12.0. The third kappa shape index (κ3) is 14.6. The van der Waals surface area contributed by atoms with Gasteiger partial charge in [0.05, 0.1) is 7.11 Å². The van der Waals surface area contributed by atoms with Gasteiger partial charge in [0.25, 0.3) is 0 Å². The Kier molecular flexibility index (Phi) is 16.4. The van der Waals surface area contributed by atoms with Crippen LogP contribution >= 0.6 is 0 Å². The summed E-state index contributed by atoms with van der Waals surface area (Å²) in [5, 5.41) is 12.5. The van der Waals surface area contributed by atoms with Crippen LogP contribution in [0.25, 0.3) is 0 Å². The maximum atomic E-state index is 12.0. The molecule has 31 heavy (non-hydrogen) atoms. The minimum absolute atomic E-state index is 0.0857. The number of amides is 1. The van der Waals surface area contributed by atoms with Crippen molar-refractivity contribution in [3.8, 4) is 11.5 Å². The molecule has 1 aromatic rings. The number of methoxy groups -OCH3 is 1. The molecule has 0 aliphatic rings. The van der Waals surface area contributed by atoms with Crippen LogP contribution in [-0.4, -0.2) is 18.1 Å². The highest BCUT2D eigenvalue weighted by Gasteiger charge is 2.05. The van der Waals surface area contributed by atoms with E-state index in [-0.39, 0.29) is 11.7 Å². The van der Waals surface area contributed by atoms with Crippen LogP contribution < -0.4 is 10.1 Å². The molecule has 0 fully saturated rings. The molecule has 4 heteroatoms. The topological polar surface area (TPSA) is 58.6 Å². The smallest absolute Gasteiger partial charge is 0.220 e. The Morgan fingerprint density at radius 1 is 0.903 bits per heavy atom. The molecule has 176 valence electrons. The van der Waals surface area contributed by atoms with E-state index in [0.29, 0.717) is 18.7 Å². The van der Waals surface area contributed by atoms with Gasteiger partial charge in [0.15, 0.2) is 11.5 Å². The second-order valence-electron chi connectivity index (χ2n) is 8.47. The average molecular weight is 432 g/mol. The number of unbranched alkanes of at least 4 members (excludes halogenated alkanes) is 12. The summed E-state index contributed by atoms with van der Waals surface area (Å²) >= 11 is 0. The van der Waals surface area contributed by atoms with Crippen LogP contribution in [0.4, 0.5) is 0 Å². The maximum absolute atomic E-state index is 12.0. The number of hydrogen-bond donors (Lipinski definition) is 2. The Morgan fingerprint density at radius 2 is 1.48 bits per heavy atom. The van der Waals surface area contributed by atoms with Gasteiger partial charge in [0.2, 0.25) is 5.91 Å². The molecule has 0 bridgehead atoms. The van der Waals surface area contributed by atoms with Crippen molar-refractivity contribution >= 4 is 5.91 Å². The van der Waals surface area contributed by atoms with Gasteiger partial charge in [-0.2, -0.15) is 0 Å². The van der Waals surface area contributed by atoms with E-state index in [9.17, 15) is 9.90 Å². The number of rotatable bonds is 19. The highest BCUT2D eigenvalue weighted by molar-refractivity contribution is 5.75. The summed E-state index contributed by atoms with van der Waals surface area (Å²) in [5.74, 6) is 0.629. The lowest BCUT2D eigenvalue weighted by atomic mass is 10.1. The standard InChI is InChI=1S/C27H45NO3/c1-3-4-5-6-7-8-9-10-11-12-13-14-15-16-17-18-19-27(30)28-23-24-20-21-25(29)26(22-24)31-2/h10-11,20-22,29H,3-9,12-19,23H2,1-2H3,(H,28,30)/b11-10-. The predicted octanol–water partition coefficient (Wildman–Crippen LogP) is 7.44. The molecular weight excluding hydrogens is 386 g/mol. The van der Waals surface area contributed by atoms with E-state index in [1.807, 2.05) is 0 Å². The van der Waals surface area contributed by atoms with Crippen molar-refractivity contribution in [2.45, 2.75) is 110 Å². The molecule has 0 unspecified atom stereocenters. The molecule has 0 spiro atoms. The van der Waals surface area contributed by atoms with E-state index in [2.05, 4.69) is 24.4 Å². The van der Waals surface area contributed by atoms with Crippen molar-refractivity contribution in [3.63, 3.8) is 0 Å². The number of ether oxygens (including phenoxy) is 1. The van der Waals surface area contributed by atoms with Crippen molar-refractivity contribution in [1.29, 1.82) is 0 Å². The average Bonchev–Trinajstić information content (AvgIpc) is 2.78. The van der Waals surface area contributed by atoms with Gasteiger partial charge in [0, 0.05) is 13.0 Å². The molecule has 0 saturated heterocycles. The molecule has 0 atom stereocenters. The summed E-state index contributed by atoms with van der Waals surface area (Å²) in [6.07, 6.45) is 23.1. The lowest BCUT2D eigenvalue weighted by Crippen LogP contribution is -2.22. The van der Waals surface area contributed by atoms with Gasteiger partial charge in [-0.1, -0.05) is 82.9 Å². The van der Waals surface area contributed by atoms with Gasteiger partial charge < -0.3 is 15.2 Å². The number of hydrogen-bond acceptors (Lipinski definition) is 3. The molecule has 0 aliphatic heterocycles. The van der Waals surface area contributed by atoms with E-state index in [1.165, 1.54) is 84.2 Å². The second-order valence-corrected chi connectivity index (χ2v) is 8.47.